The van der Waals surface area contributed by atoms with Gasteiger partial charge in [-0.1, -0.05) is 19.9 Å². The molecule has 4 rings (SSSR count). The highest BCUT2D eigenvalue weighted by molar-refractivity contribution is 5.85. The normalized spacial score (nSPS) is 32.8. The molecule has 1 heterocycles. The summed E-state index contributed by atoms with van der Waals surface area (Å²) in [7, 11) is 0. The second-order valence-corrected chi connectivity index (χ2v) is 7.76. The zero-order chi connectivity index (χ0) is 15.5. The van der Waals surface area contributed by atoms with Crippen molar-refractivity contribution in [1.82, 2.24) is 4.90 Å². The molecule has 3 aliphatic rings. The summed E-state index contributed by atoms with van der Waals surface area (Å²) in [4.78, 5) is 13.6. The van der Waals surface area contributed by atoms with Crippen molar-refractivity contribution in [2.75, 3.05) is 13.1 Å². The Morgan fingerprint density at radius 2 is 2.13 bits per heavy atom. The van der Waals surface area contributed by atoms with E-state index in [9.17, 15) is 10.1 Å². The molecule has 0 aromatic heterocycles. The maximum Gasteiger partial charge on any atom is 0.269 e. The molecule has 2 aliphatic carbocycles. The number of halogens is 1. The number of fused-ring (bicyclic) bond motifs is 4. The van der Waals surface area contributed by atoms with E-state index in [2.05, 4.69) is 18.7 Å². The highest BCUT2D eigenvalue weighted by Gasteiger charge is 2.49. The molecule has 0 N–H and O–H groups in total. The highest BCUT2D eigenvalue weighted by atomic mass is 35.5. The second kappa shape index (κ2) is 5.75. The van der Waals surface area contributed by atoms with Crippen LogP contribution in [0.4, 0.5) is 5.69 Å². The van der Waals surface area contributed by atoms with Gasteiger partial charge in [0.05, 0.1) is 4.92 Å². The monoisotopic (exact) mass is 336 g/mol. The van der Waals surface area contributed by atoms with Crippen LogP contribution in [0.3, 0.4) is 0 Å². The van der Waals surface area contributed by atoms with Crippen molar-refractivity contribution in [2.45, 2.75) is 51.0 Å². The summed E-state index contributed by atoms with van der Waals surface area (Å²) in [6.45, 7) is 7.07. The third kappa shape index (κ3) is 2.66. The van der Waals surface area contributed by atoms with Crippen molar-refractivity contribution in [3.8, 4) is 0 Å². The molecule has 1 aromatic carbocycles. The number of benzene rings is 1. The van der Waals surface area contributed by atoms with Crippen molar-refractivity contribution in [3.05, 3.63) is 39.4 Å². The first-order chi connectivity index (χ1) is 10.5. The van der Waals surface area contributed by atoms with Crippen LogP contribution in [0.1, 0.15) is 44.2 Å². The molecule has 2 fully saturated rings. The second-order valence-electron chi connectivity index (χ2n) is 7.76. The summed E-state index contributed by atoms with van der Waals surface area (Å²) >= 11 is 0. The summed E-state index contributed by atoms with van der Waals surface area (Å²) in [5, 5.41) is 11.1. The summed E-state index contributed by atoms with van der Waals surface area (Å²) in [6, 6.07) is 6.14. The smallest absolute Gasteiger partial charge is 0.269 e. The van der Waals surface area contributed by atoms with Crippen LogP contribution in [0.2, 0.25) is 0 Å². The Hall–Kier alpha value is -1.13. The Labute approximate surface area is 143 Å². The predicted molar refractivity (Wildman–Crippen MR) is 93.3 cm³/mol. The molecule has 0 radical (unpaired) electrons. The van der Waals surface area contributed by atoms with Gasteiger partial charge in [-0.2, -0.15) is 0 Å². The minimum atomic E-state index is -0.261. The molecule has 4 nitrogen and oxygen atoms in total. The lowest BCUT2D eigenvalue weighted by molar-refractivity contribution is -0.385. The van der Waals surface area contributed by atoms with Crippen LogP contribution in [0, 0.1) is 22.0 Å². The number of hydrogen-bond donors (Lipinski definition) is 0. The molecular weight excluding hydrogens is 312 g/mol. The van der Waals surface area contributed by atoms with Gasteiger partial charge in [0.2, 0.25) is 0 Å². The molecule has 126 valence electrons. The fraction of sp³-hybridized carbons (Fsp3) is 0.667. The lowest BCUT2D eigenvalue weighted by Gasteiger charge is -2.54. The molecule has 1 saturated heterocycles. The average Bonchev–Trinajstić information content (AvgIpc) is 3.29. The van der Waals surface area contributed by atoms with Crippen molar-refractivity contribution in [1.29, 1.82) is 0 Å². The van der Waals surface area contributed by atoms with Crippen LogP contribution in [0.15, 0.2) is 18.2 Å². The van der Waals surface area contributed by atoms with E-state index in [1.807, 2.05) is 12.1 Å². The molecule has 1 saturated carbocycles. The van der Waals surface area contributed by atoms with E-state index in [0.717, 1.165) is 25.3 Å². The summed E-state index contributed by atoms with van der Waals surface area (Å²) in [6.07, 6.45) is 4.97. The SMILES string of the molecule is C[C@@H]1[C@H]2Cc3ccc([N+](=O)[O-])cc3[C@]1(C)CCN2CC1CC1.Cl. The van der Waals surface area contributed by atoms with E-state index in [1.54, 1.807) is 6.07 Å². The van der Waals surface area contributed by atoms with E-state index in [-0.39, 0.29) is 28.4 Å². The van der Waals surface area contributed by atoms with E-state index < -0.39 is 0 Å². The fourth-order valence-electron chi connectivity index (χ4n) is 4.67. The molecule has 0 amide bonds. The van der Waals surface area contributed by atoms with Gasteiger partial charge in [-0.05, 0) is 60.6 Å². The maximum atomic E-state index is 11.1. The average molecular weight is 337 g/mol. The minimum Gasteiger partial charge on any atom is -0.299 e. The zero-order valence-corrected chi connectivity index (χ0v) is 14.6. The summed E-state index contributed by atoms with van der Waals surface area (Å²) in [5.74, 6) is 1.49. The number of rotatable bonds is 3. The van der Waals surface area contributed by atoms with Crippen LogP contribution < -0.4 is 0 Å². The van der Waals surface area contributed by atoms with Crippen molar-refractivity contribution >= 4 is 18.1 Å². The minimum absolute atomic E-state index is 0. The van der Waals surface area contributed by atoms with Crippen LogP contribution in [-0.4, -0.2) is 29.0 Å². The first-order valence-electron chi connectivity index (χ1n) is 8.51. The van der Waals surface area contributed by atoms with Gasteiger partial charge < -0.3 is 0 Å². The Morgan fingerprint density at radius 1 is 1.39 bits per heavy atom. The number of nitro groups is 1. The molecule has 2 bridgehead atoms. The lowest BCUT2D eigenvalue weighted by Crippen LogP contribution is -2.58. The van der Waals surface area contributed by atoms with Crippen LogP contribution in [0.25, 0.3) is 0 Å². The zero-order valence-electron chi connectivity index (χ0n) is 13.8. The van der Waals surface area contributed by atoms with Gasteiger partial charge in [-0.25, -0.2) is 0 Å². The molecule has 1 aliphatic heterocycles. The number of nitro benzene ring substituents is 1. The van der Waals surface area contributed by atoms with Gasteiger partial charge >= 0.3 is 0 Å². The molecule has 5 heteroatoms. The van der Waals surface area contributed by atoms with Crippen LogP contribution >= 0.6 is 12.4 Å². The molecule has 1 aromatic rings. The number of non-ortho nitro benzene ring substituents is 1. The number of nitrogens with zero attached hydrogens (tertiary/aromatic N) is 2. The predicted octanol–water partition coefficient (Wildman–Crippen LogP) is 3.95. The quantitative estimate of drug-likeness (QED) is 0.620. The first kappa shape index (κ1) is 16.7. The van der Waals surface area contributed by atoms with Crippen LogP contribution in [0.5, 0.6) is 0 Å². The Morgan fingerprint density at radius 3 is 2.78 bits per heavy atom. The Kier molecular flexibility index (Phi) is 4.18. The molecular formula is C18H25ClN2O2. The molecule has 0 spiro atoms. The number of likely N-dealkylation sites (tertiary alicyclic amines) is 1. The fourth-order valence-corrected chi connectivity index (χ4v) is 4.67. The van der Waals surface area contributed by atoms with Gasteiger partial charge in [-0.3, -0.25) is 15.0 Å². The molecule has 0 unspecified atom stereocenters. The van der Waals surface area contributed by atoms with Crippen molar-refractivity contribution < 1.29 is 4.92 Å². The van der Waals surface area contributed by atoms with Crippen LogP contribution in [-0.2, 0) is 11.8 Å². The van der Waals surface area contributed by atoms with Gasteiger partial charge in [-0.15, -0.1) is 12.4 Å². The Bertz CT molecular complexity index is 631. The van der Waals surface area contributed by atoms with E-state index in [4.69, 9.17) is 0 Å². The number of piperidine rings is 1. The van der Waals surface area contributed by atoms with E-state index in [1.165, 1.54) is 30.5 Å². The standard InChI is InChI=1S/C18H24N2O2.ClH/c1-12-17-9-14-5-6-15(20(21)22)10-16(14)18(12,2)7-8-19(17)11-13-3-4-13;/h5-6,10,12-13,17H,3-4,7-9,11H2,1-2H3;1H/t12-,17-,18-;/m1./s1. The summed E-state index contributed by atoms with van der Waals surface area (Å²) in [5.41, 5.74) is 2.89. The third-order valence-corrected chi connectivity index (χ3v) is 6.51. The number of hydrogen-bond acceptors (Lipinski definition) is 3. The Balaban J connectivity index is 0.00000156. The molecule has 23 heavy (non-hydrogen) atoms. The van der Waals surface area contributed by atoms with E-state index >= 15 is 0 Å². The highest BCUT2D eigenvalue weighted by Crippen LogP contribution is 2.50. The molecule has 3 atom stereocenters. The van der Waals surface area contributed by atoms with Crippen molar-refractivity contribution in [3.63, 3.8) is 0 Å². The summed E-state index contributed by atoms with van der Waals surface area (Å²) < 4.78 is 0. The maximum absolute atomic E-state index is 11.1. The van der Waals surface area contributed by atoms with E-state index in [0.29, 0.717) is 12.0 Å². The van der Waals surface area contributed by atoms with Gasteiger partial charge in [0, 0.05) is 24.7 Å². The van der Waals surface area contributed by atoms with Gasteiger partial charge in [0.25, 0.3) is 5.69 Å². The van der Waals surface area contributed by atoms with Gasteiger partial charge in [0.1, 0.15) is 0 Å². The topological polar surface area (TPSA) is 46.4 Å². The van der Waals surface area contributed by atoms with Gasteiger partial charge in [0.15, 0.2) is 0 Å². The first-order valence-corrected chi connectivity index (χ1v) is 8.51. The largest absolute Gasteiger partial charge is 0.299 e. The van der Waals surface area contributed by atoms with Crippen molar-refractivity contribution in [2.24, 2.45) is 11.8 Å². The lowest BCUT2D eigenvalue weighted by atomic mass is 9.59. The third-order valence-electron chi connectivity index (χ3n) is 6.51.